The smallest absolute Gasteiger partial charge is 0.312 e. The molecule has 1 aliphatic rings. The van der Waals surface area contributed by atoms with Crippen LogP contribution < -0.4 is 9.64 Å². The summed E-state index contributed by atoms with van der Waals surface area (Å²) in [5.74, 6) is -1.17. The van der Waals surface area contributed by atoms with Crippen LogP contribution in [0.4, 0.5) is 10.1 Å². The van der Waals surface area contributed by atoms with Gasteiger partial charge in [-0.15, -0.1) is 11.6 Å². The van der Waals surface area contributed by atoms with Crippen LogP contribution in [-0.4, -0.2) is 36.2 Å². The van der Waals surface area contributed by atoms with Crippen LogP contribution in [0.3, 0.4) is 0 Å². The monoisotopic (exact) mass is 571 g/mol. The predicted molar refractivity (Wildman–Crippen MR) is 155 cm³/mol. The Hall–Kier alpha value is -4.49. The van der Waals surface area contributed by atoms with Crippen molar-refractivity contribution in [2.24, 2.45) is 5.92 Å². The molecule has 1 aliphatic heterocycles. The van der Waals surface area contributed by atoms with Gasteiger partial charge in [-0.25, -0.2) is 4.39 Å². The second kappa shape index (κ2) is 12.8. The fourth-order valence-electron chi connectivity index (χ4n) is 4.73. The van der Waals surface area contributed by atoms with Gasteiger partial charge >= 0.3 is 5.97 Å². The lowest BCUT2D eigenvalue weighted by Crippen LogP contribution is -2.32. The number of ether oxygens (including phenoxy) is 2. The number of anilines is 1. The minimum absolute atomic E-state index is 0.0418. The first-order valence-electron chi connectivity index (χ1n) is 13.2. The minimum Gasteiger partial charge on any atom is -0.457 e. The first-order chi connectivity index (χ1) is 19.9. The third kappa shape index (κ3) is 6.64. The molecule has 208 valence electrons. The van der Waals surface area contributed by atoms with E-state index in [1.54, 1.807) is 24.3 Å². The maximum atomic E-state index is 13.3. The van der Waals surface area contributed by atoms with E-state index in [1.807, 2.05) is 54.6 Å². The highest BCUT2D eigenvalue weighted by molar-refractivity contribution is 6.18. The Labute approximate surface area is 242 Å². The molecule has 0 bridgehead atoms. The number of benzene rings is 4. The maximum absolute atomic E-state index is 13.3. The number of esters is 1. The lowest BCUT2D eigenvalue weighted by molar-refractivity contribution is -0.151. The summed E-state index contributed by atoms with van der Waals surface area (Å²) in [5, 5.41) is 0. The highest BCUT2D eigenvalue weighted by atomic mass is 35.5. The van der Waals surface area contributed by atoms with E-state index in [9.17, 15) is 18.8 Å². The summed E-state index contributed by atoms with van der Waals surface area (Å²) in [6.45, 7) is 0.118. The van der Waals surface area contributed by atoms with Gasteiger partial charge in [-0.3, -0.25) is 14.4 Å². The van der Waals surface area contributed by atoms with Crippen LogP contribution in [0.25, 0.3) is 11.1 Å². The first-order valence-corrected chi connectivity index (χ1v) is 13.8. The third-order valence-corrected chi connectivity index (χ3v) is 7.08. The molecule has 0 unspecified atom stereocenters. The molecular formula is C33H27ClFNO5. The standard InChI is InChI=1S/C33H27ClFNO5/c34-19-18-30(32(38)23-10-12-25(35)13-11-23)41-33(39)24-20-31(37)36(21-24)26-14-16-27(17-15-26)40-29-9-5-4-8-28(29)22-6-2-1-3-7-22/h1-17,24,30H,18-21H2/t24-,30-/m1/s1. The Morgan fingerprint density at radius 3 is 2.29 bits per heavy atom. The SMILES string of the molecule is O=C(O[C@H](CCCl)C(=O)c1ccc(F)cc1)[C@@H]1CC(=O)N(c2ccc(Oc3ccccc3-c3ccccc3)cc2)C1. The van der Waals surface area contributed by atoms with Crippen molar-refractivity contribution in [3.63, 3.8) is 0 Å². The lowest BCUT2D eigenvalue weighted by atomic mass is 10.0. The van der Waals surface area contributed by atoms with Crippen molar-refractivity contribution in [2.75, 3.05) is 17.3 Å². The number of carbonyl (C=O) groups is 3. The van der Waals surface area contributed by atoms with Crippen LogP contribution in [0.2, 0.25) is 0 Å². The van der Waals surface area contributed by atoms with Crippen LogP contribution in [0, 0.1) is 11.7 Å². The highest BCUT2D eigenvalue weighted by Crippen LogP contribution is 2.34. The fraction of sp³-hybridized carbons (Fsp3) is 0.182. The summed E-state index contributed by atoms with van der Waals surface area (Å²) in [6, 6.07) is 29.8. The Bertz CT molecular complexity index is 1530. The number of rotatable bonds is 10. The molecule has 0 aliphatic carbocycles. The molecular weight excluding hydrogens is 545 g/mol. The number of ketones is 1. The average Bonchev–Trinajstić information content (AvgIpc) is 3.39. The molecule has 1 saturated heterocycles. The average molecular weight is 572 g/mol. The molecule has 2 atom stereocenters. The van der Waals surface area contributed by atoms with Gasteiger partial charge in [-0.1, -0.05) is 48.5 Å². The van der Waals surface area contributed by atoms with Crippen molar-refractivity contribution in [3.05, 3.63) is 115 Å². The molecule has 1 amide bonds. The first kappa shape index (κ1) is 28.1. The van der Waals surface area contributed by atoms with E-state index in [0.717, 1.165) is 11.1 Å². The van der Waals surface area contributed by atoms with Crippen molar-refractivity contribution >= 4 is 34.9 Å². The number of para-hydroxylation sites is 1. The van der Waals surface area contributed by atoms with Crippen molar-refractivity contribution in [2.45, 2.75) is 18.9 Å². The predicted octanol–water partition coefficient (Wildman–Crippen LogP) is 7.06. The van der Waals surface area contributed by atoms with Crippen molar-refractivity contribution in [3.8, 4) is 22.6 Å². The van der Waals surface area contributed by atoms with Gasteiger partial charge in [-0.2, -0.15) is 0 Å². The van der Waals surface area contributed by atoms with Crippen LogP contribution in [0.1, 0.15) is 23.2 Å². The number of nitrogens with zero attached hydrogens (tertiary/aromatic N) is 1. The van der Waals surface area contributed by atoms with E-state index in [2.05, 4.69) is 0 Å². The van der Waals surface area contributed by atoms with Crippen molar-refractivity contribution < 1.29 is 28.2 Å². The number of alkyl halides is 1. The molecule has 6 nitrogen and oxygen atoms in total. The topological polar surface area (TPSA) is 72.9 Å². The normalized spacial score (nSPS) is 15.4. The Balaban J connectivity index is 1.24. The molecule has 0 saturated carbocycles. The number of hydrogen-bond donors (Lipinski definition) is 0. The molecule has 4 aromatic rings. The summed E-state index contributed by atoms with van der Waals surface area (Å²) in [4.78, 5) is 40.2. The van der Waals surface area contributed by atoms with Gasteiger partial charge in [0.2, 0.25) is 11.7 Å². The van der Waals surface area contributed by atoms with Gasteiger partial charge in [0.05, 0.1) is 5.92 Å². The van der Waals surface area contributed by atoms with Gasteiger partial charge < -0.3 is 14.4 Å². The van der Waals surface area contributed by atoms with Crippen LogP contribution in [0.15, 0.2) is 103 Å². The fourth-order valence-corrected chi connectivity index (χ4v) is 4.93. The summed E-state index contributed by atoms with van der Waals surface area (Å²) < 4.78 is 24.9. The molecule has 1 fully saturated rings. The van der Waals surface area contributed by atoms with E-state index in [1.165, 1.54) is 29.2 Å². The van der Waals surface area contributed by atoms with Gasteiger partial charge in [0, 0.05) is 42.1 Å². The quantitative estimate of drug-likeness (QED) is 0.116. The van der Waals surface area contributed by atoms with E-state index >= 15 is 0 Å². The summed E-state index contributed by atoms with van der Waals surface area (Å²) in [7, 11) is 0. The van der Waals surface area contributed by atoms with Gasteiger partial charge in [0.25, 0.3) is 0 Å². The summed E-state index contributed by atoms with van der Waals surface area (Å²) >= 11 is 5.85. The van der Waals surface area contributed by atoms with Gasteiger partial charge in [-0.05, 0) is 60.2 Å². The Kier molecular flexibility index (Phi) is 8.75. The van der Waals surface area contributed by atoms with Gasteiger partial charge in [0.15, 0.2) is 6.10 Å². The number of carbonyl (C=O) groups excluding carboxylic acids is 3. The second-order valence-corrected chi connectivity index (χ2v) is 10.0. The molecule has 5 rings (SSSR count). The van der Waals surface area contributed by atoms with Crippen LogP contribution >= 0.6 is 11.6 Å². The van der Waals surface area contributed by atoms with Crippen molar-refractivity contribution in [1.29, 1.82) is 0 Å². The van der Waals surface area contributed by atoms with Crippen LogP contribution in [0.5, 0.6) is 11.5 Å². The molecule has 8 heteroatoms. The minimum atomic E-state index is -1.12. The number of hydrogen-bond acceptors (Lipinski definition) is 5. The second-order valence-electron chi connectivity index (χ2n) is 9.64. The largest absolute Gasteiger partial charge is 0.457 e. The molecule has 0 aromatic heterocycles. The zero-order valence-corrected chi connectivity index (χ0v) is 22.8. The molecule has 1 heterocycles. The maximum Gasteiger partial charge on any atom is 0.312 e. The number of Topliss-reactive ketones (excluding diaryl/α,β-unsaturated/α-hetero) is 1. The molecule has 41 heavy (non-hydrogen) atoms. The number of amides is 1. The molecule has 0 radical (unpaired) electrons. The van der Waals surface area contributed by atoms with Gasteiger partial charge in [0.1, 0.15) is 17.3 Å². The zero-order valence-electron chi connectivity index (χ0n) is 22.0. The highest BCUT2D eigenvalue weighted by Gasteiger charge is 2.38. The zero-order chi connectivity index (χ0) is 28.8. The third-order valence-electron chi connectivity index (χ3n) is 6.86. The van der Waals surface area contributed by atoms with E-state index < -0.39 is 29.6 Å². The Morgan fingerprint density at radius 1 is 0.902 bits per heavy atom. The van der Waals surface area contributed by atoms with Crippen molar-refractivity contribution in [1.82, 2.24) is 0 Å². The molecule has 0 spiro atoms. The van der Waals surface area contributed by atoms with Crippen LogP contribution in [-0.2, 0) is 14.3 Å². The van der Waals surface area contributed by atoms with E-state index in [0.29, 0.717) is 17.2 Å². The van der Waals surface area contributed by atoms with E-state index in [4.69, 9.17) is 21.1 Å². The summed E-state index contributed by atoms with van der Waals surface area (Å²) in [6.07, 6.45) is -1.06. The number of halogens is 2. The molecule has 0 N–H and O–H groups in total. The summed E-state index contributed by atoms with van der Waals surface area (Å²) in [5.41, 5.74) is 2.83. The Morgan fingerprint density at radius 2 is 1.59 bits per heavy atom. The van der Waals surface area contributed by atoms with E-state index in [-0.39, 0.29) is 36.7 Å². The molecule has 4 aromatic carbocycles. The lowest BCUT2D eigenvalue weighted by Gasteiger charge is -2.19.